The number of aliphatic carboxylic acids is 1. The van der Waals surface area contributed by atoms with Gasteiger partial charge in [-0.15, -0.1) is 0 Å². The number of amides is 1. The smallest absolute Gasteiger partial charge is 0.410 e. The Bertz CT molecular complexity index is 157. The lowest BCUT2D eigenvalue weighted by molar-refractivity contribution is -0.140. The van der Waals surface area contributed by atoms with Gasteiger partial charge in [-0.2, -0.15) is 0 Å². The molecule has 0 heterocycles. The van der Waals surface area contributed by atoms with E-state index in [4.69, 9.17) is 5.11 Å². The van der Waals surface area contributed by atoms with Crippen LogP contribution in [0.3, 0.4) is 0 Å². The van der Waals surface area contributed by atoms with E-state index < -0.39 is 18.7 Å². The first-order valence-electron chi connectivity index (χ1n) is 3.17. The average Bonchev–Trinajstić information content (AvgIpc) is 1.98. The van der Waals surface area contributed by atoms with Crippen molar-refractivity contribution in [1.29, 1.82) is 0 Å². The SMILES string of the molecule is CCN(C)C(=O)OCC(=O)O. The molecule has 0 fully saturated rings. The maximum Gasteiger partial charge on any atom is 0.410 e. The van der Waals surface area contributed by atoms with Crippen LogP contribution in [0.5, 0.6) is 0 Å². The van der Waals surface area contributed by atoms with Crippen LogP contribution in [0.2, 0.25) is 0 Å². The summed E-state index contributed by atoms with van der Waals surface area (Å²) < 4.78 is 4.34. The molecule has 0 aromatic carbocycles. The van der Waals surface area contributed by atoms with E-state index in [1.54, 1.807) is 6.92 Å². The van der Waals surface area contributed by atoms with E-state index in [-0.39, 0.29) is 0 Å². The van der Waals surface area contributed by atoms with Gasteiger partial charge in [0.15, 0.2) is 6.61 Å². The van der Waals surface area contributed by atoms with Crippen LogP contribution in [0.25, 0.3) is 0 Å². The van der Waals surface area contributed by atoms with Gasteiger partial charge in [0.05, 0.1) is 0 Å². The van der Waals surface area contributed by atoms with Gasteiger partial charge >= 0.3 is 12.1 Å². The zero-order chi connectivity index (χ0) is 8.85. The number of carbonyl (C=O) groups excluding carboxylic acids is 1. The van der Waals surface area contributed by atoms with E-state index in [9.17, 15) is 9.59 Å². The van der Waals surface area contributed by atoms with E-state index in [1.165, 1.54) is 11.9 Å². The molecule has 0 aliphatic carbocycles. The van der Waals surface area contributed by atoms with Gasteiger partial charge < -0.3 is 14.7 Å². The highest BCUT2D eigenvalue weighted by Gasteiger charge is 2.08. The molecule has 0 saturated carbocycles. The molecular weight excluding hydrogens is 150 g/mol. The molecule has 0 aromatic rings. The quantitative estimate of drug-likeness (QED) is 0.640. The lowest BCUT2D eigenvalue weighted by Gasteiger charge is -2.12. The molecule has 0 aliphatic rings. The van der Waals surface area contributed by atoms with Crippen molar-refractivity contribution in [3.05, 3.63) is 0 Å². The summed E-state index contributed by atoms with van der Waals surface area (Å²) in [6, 6.07) is 0. The number of hydrogen-bond acceptors (Lipinski definition) is 3. The minimum absolute atomic E-state index is 0.498. The lowest BCUT2D eigenvalue weighted by atomic mass is 10.6. The van der Waals surface area contributed by atoms with E-state index >= 15 is 0 Å². The van der Waals surface area contributed by atoms with E-state index in [0.29, 0.717) is 6.54 Å². The van der Waals surface area contributed by atoms with Crippen molar-refractivity contribution in [2.24, 2.45) is 0 Å². The third-order valence-corrected chi connectivity index (χ3v) is 1.11. The molecule has 0 radical (unpaired) electrons. The summed E-state index contributed by atoms with van der Waals surface area (Å²) in [6.45, 7) is 1.68. The monoisotopic (exact) mass is 161 g/mol. The Morgan fingerprint density at radius 2 is 2.09 bits per heavy atom. The lowest BCUT2D eigenvalue weighted by Crippen LogP contribution is -2.28. The highest BCUT2D eigenvalue weighted by Crippen LogP contribution is 1.88. The van der Waals surface area contributed by atoms with Crippen LogP contribution in [0.1, 0.15) is 6.92 Å². The molecule has 0 atom stereocenters. The van der Waals surface area contributed by atoms with Crippen LogP contribution in [0, 0.1) is 0 Å². The molecule has 0 aromatic heterocycles. The van der Waals surface area contributed by atoms with Gasteiger partial charge in [-0.25, -0.2) is 9.59 Å². The summed E-state index contributed by atoms with van der Waals surface area (Å²) >= 11 is 0. The molecule has 1 N–H and O–H groups in total. The zero-order valence-corrected chi connectivity index (χ0v) is 6.53. The van der Waals surface area contributed by atoms with Crippen LogP contribution in [-0.2, 0) is 9.53 Å². The van der Waals surface area contributed by atoms with Gasteiger partial charge in [0.25, 0.3) is 0 Å². The van der Waals surface area contributed by atoms with E-state index in [0.717, 1.165) is 0 Å². The molecule has 0 aliphatic heterocycles. The molecule has 0 spiro atoms. The highest BCUT2D eigenvalue weighted by molar-refractivity contribution is 5.73. The molecule has 11 heavy (non-hydrogen) atoms. The third-order valence-electron chi connectivity index (χ3n) is 1.11. The van der Waals surface area contributed by atoms with Gasteiger partial charge in [-0.1, -0.05) is 0 Å². The summed E-state index contributed by atoms with van der Waals surface area (Å²) in [6.07, 6.45) is -0.616. The zero-order valence-electron chi connectivity index (χ0n) is 6.53. The van der Waals surface area contributed by atoms with Crippen LogP contribution in [-0.4, -0.2) is 42.3 Å². The van der Waals surface area contributed by atoms with Gasteiger partial charge in [0, 0.05) is 13.6 Å². The van der Waals surface area contributed by atoms with Crippen molar-refractivity contribution in [3.63, 3.8) is 0 Å². The number of rotatable bonds is 3. The van der Waals surface area contributed by atoms with Crippen molar-refractivity contribution in [2.45, 2.75) is 6.92 Å². The van der Waals surface area contributed by atoms with Crippen LogP contribution < -0.4 is 0 Å². The fourth-order valence-electron chi connectivity index (χ4n) is 0.363. The number of ether oxygens (including phenoxy) is 1. The molecule has 64 valence electrons. The Balaban J connectivity index is 3.60. The Hall–Kier alpha value is -1.26. The van der Waals surface area contributed by atoms with Crippen molar-refractivity contribution in [3.8, 4) is 0 Å². The molecule has 5 nitrogen and oxygen atoms in total. The molecule has 5 heteroatoms. The second-order valence-electron chi connectivity index (χ2n) is 1.96. The topological polar surface area (TPSA) is 66.8 Å². The van der Waals surface area contributed by atoms with Gasteiger partial charge in [-0.05, 0) is 6.92 Å². The summed E-state index contributed by atoms with van der Waals surface area (Å²) in [5, 5.41) is 8.12. The predicted molar refractivity (Wildman–Crippen MR) is 37.3 cm³/mol. The first-order valence-corrected chi connectivity index (χ1v) is 3.17. The molecule has 0 bridgehead atoms. The first-order chi connectivity index (χ1) is 5.07. The maximum atomic E-state index is 10.7. The predicted octanol–water partition coefficient (Wildman–Crippen LogP) is 0.159. The molecule has 0 saturated heterocycles. The number of hydrogen-bond donors (Lipinski definition) is 1. The minimum atomic E-state index is -1.15. The number of carboxylic acids is 1. The van der Waals surface area contributed by atoms with Gasteiger partial charge in [0.1, 0.15) is 0 Å². The van der Waals surface area contributed by atoms with Crippen molar-refractivity contribution >= 4 is 12.1 Å². The third kappa shape index (κ3) is 4.19. The van der Waals surface area contributed by atoms with Crippen LogP contribution in [0.4, 0.5) is 4.79 Å². The molecule has 0 rings (SSSR count). The largest absolute Gasteiger partial charge is 0.479 e. The fraction of sp³-hybridized carbons (Fsp3) is 0.667. The Morgan fingerprint density at radius 3 is 2.45 bits per heavy atom. The van der Waals surface area contributed by atoms with E-state index in [1.807, 2.05) is 0 Å². The summed E-state index contributed by atoms with van der Waals surface area (Å²) in [5.74, 6) is -1.15. The number of carboxylic acid groups (broad SMARTS) is 1. The Kier molecular flexibility index (Phi) is 4.02. The normalized spacial score (nSPS) is 8.91. The highest BCUT2D eigenvalue weighted by atomic mass is 16.6. The van der Waals surface area contributed by atoms with Crippen LogP contribution in [0.15, 0.2) is 0 Å². The van der Waals surface area contributed by atoms with Gasteiger partial charge in [0.2, 0.25) is 0 Å². The summed E-state index contributed by atoms with van der Waals surface area (Å²) in [4.78, 5) is 21.9. The first kappa shape index (κ1) is 9.74. The maximum absolute atomic E-state index is 10.7. The molecule has 1 amide bonds. The number of carbonyl (C=O) groups is 2. The summed E-state index contributed by atoms with van der Waals surface area (Å²) in [7, 11) is 1.53. The van der Waals surface area contributed by atoms with E-state index in [2.05, 4.69) is 4.74 Å². The van der Waals surface area contributed by atoms with Crippen molar-refractivity contribution in [1.82, 2.24) is 4.90 Å². The molecular formula is C6H11NO4. The Morgan fingerprint density at radius 1 is 1.55 bits per heavy atom. The van der Waals surface area contributed by atoms with Gasteiger partial charge in [-0.3, -0.25) is 0 Å². The second kappa shape index (κ2) is 4.54. The van der Waals surface area contributed by atoms with Crippen LogP contribution >= 0.6 is 0 Å². The average molecular weight is 161 g/mol. The standard InChI is InChI=1S/C6H11NO4/c1-3-7(2)6(10)11-4-5(8)9/h3-4H2,1-2H3,(H,8,9). The number of nitrogens with zero attached hydrogens (tertiary/aromatic N) is 1. The fourth-order valence-corrected chi connectivity index (χ4v) is 0.363. The molecule has 0 unspecified atom stereocenters. The van der Waals surface area contributed by atoms with Crippen molar-refractivity contribution in [2.75, 3.05) is 20.2 Å². The minimum Gasteiger partial charge on any atom is -0.479 e. The van der Waals surface area contributed by atoms with Crippen molar-refractivity contribution < 1.29 is 19.4 Å². The second-order valence-corrected chi connectivity index (χ2v) is 1.96. The Labute approximate surface area is 64.6 Å². The summed E-state index contributed by atoms with van der Waals surface area (Å²) in [5.41, 5.74) is 0.